The van der Waals surface area contributed by atoms with Crippen LogP contribution in [0.5, 0.6) is 11.8 Å². The van der Waals surface area contributed by atoms with E-state index < -0.39 is 29.0 Å². The van der Waals surface area contributed by atoms with Gasteiger partial charge in [0.25, 0.3) is 0 Å². The highest BCUT2D eigenvalue weighted by atomic mass is 19.1. The van der Waals surface area contributed by atoms with Gasteiger partial charge in [-0.15, -0.1) is 6.42 Å². The molecule has 0 saturated carbocycles. The van der Waals surface area contributed by atoms with E-state index in [9.17, 15) is 18.3 Å². The molecule has 0 aliphatic carbocycles. The zero-order valence-corrected chi connectivity index (χ0v) is 24.9. The van der Waals surface area contributed by atoms with Gasteiger partial charge in [0.05, 0.1) is 10.9 Å². The number of hydrogen-bond donors (Lipinski definition) is 1. The highest BCUT2D eigenvalue weighted by Gasteiger charge is 2.49. The molecule has 5 heterocycles. The maximum atomic E-state index is 16.7. The SMILES string of the molecule is C#CC1(F)CCN(c2nc(OC[C@@]34CCCN3C[C@H](F)C4)nc3c(F)c(-c4cc(O)cc5ccc(F)c(CC)c45)ncc23)CC1. The number of aromatic hydroxyl groups is 1. The number of halogens is 4. The van der Waals surface area contributed by atoms with Gasteiger partial charge in [0.2, 0.25) is 0 Å². The Kier molecular flexibility index (Phi) is 7.23. The molecule has 0 amide bonds. The number of piperidine rings is 1. The second kappa shape index (κ2) is 11.0. The van der Waals surface area contributed by atoms with Gasteiger partial charge in [-0.3, -0.25) is 9.88 Å². The van der Waals surface area contributed by atoms with Crippen molar-refractivity contribution in [3.05, 3.63) is 47.7 Å². The Morgan fingerprint density at radius 1 is 1.13 bits per heavy atom. The Morgan fingerprint density at radius 3 is 2.69 bits per heavy atom. The van der Waals surface area contributed by atoms with E-state index in [1.165, 1.54) is 30.5 Å². The summed E-state index contributed by atoms with van der Waals surface area (Å²) in [6.07, 6.45) is 8.43. The second-order valence-electron chi connectivity index (χ2n) is 12.4. The molecule has 3 saturated heterocycles. The van der Waals surface area contributed by atoms with Crippen molar-refractivity contribution in [2.45, 2.75) is 62.8 Å². The summed E-state index contributed by atoms with van der Waals surface area (Å²) in [6, 6.07) is 5.63. The Labute approximate surface area is 258 Å². The molecule has 2 atom stereocenters. The van der Waals surface area contributed by atoms with Crippen LogP contribution in [-0.2, 0) is 6.42 Å². The van der Waals surface area contributed by atoms with Crippen LogP contribution in [0.4, 0.5) is 23.4 Å². The molecule has 3 aliphatic rings. The van der Waals surface area contributed by atoms with Crippen molar-refractivity contribution in [1.82, 2.24) is 19.9 Å². The molecule has 0 radical (unpaired) electrons. The molecule has 45 heavy (non-hydrogen) atoms. The summed E-state index contributed by atoms with van der Waals surface area (Å²) in [7, 11) is 0. The van der Waals surface area contributed by atoms with Crippen LogP contribution in [0.25, 0.3) is 32.9 Å². The molecule has 234 valence electrons. The van der Waals surface area contributed by atoms with Crippen molar-refractivity contribution in [3.63, 3.8) is 0 Å². The normalized spacial score (nSPS) is 23.0. The molecule has 2 aromatic carbocycles. The van der Waals surface area contributed by atoms with E-state index >= 15 is 4.39 Å². The quantitative estimate of drug-likeness (QED) is 0.201. The van der Waals surface area contributed by atoms with Gasteiger partial charge in [0.1, 0.15) is 41.4 Å². The fraction of sp³-hybridized carbons (Fsp3) is 0.441. The van der Waals surface area contributed by atoms with Crippen LogP contribution >= 0.6 is 0 Å². The molecule has 3 aliphatic heterocycles. The summed E-state index contributed by atoms with van der Waals surface area (Å²) in [6.45, 7) is 3.53. The zero-order chi connectivity index (χ0) is 31.5. The third kappa shape index (κ3) is 4.99. The maximum Gasteiger partial charge on any atom is 0.319 e. The maximum absolute atomic E-state index is 16.7. The van der Waals surface area contributed by atoms with Gasteiger partial charge in [0.15, 0.2) is 11.5 Å². The first-order valence-corrected chi connectivity index (χ1v) is 15.4. The van der Waals surface area contributed by atoms with E-state index in [0.717, 1.165) is 19.4 Å². The molecule has 4 aromatic rings. The lowest BCUT2D eigenvalue weighted by Gasteiger charge is -2.35. The number of benzene rings is 2. The summed E-state index contributed by atoms with van der Waals surface area (Å²) in [5.74, 6) is 1.19. The average molecular weight is 620 g/mol. The van der Waals surface area contributed by atoms with Crippen LogP contribution in [-0.4, -0.2) is 75.1 Å². The summed E-state index contributed by atoms with van der Waals surface area (Å²) in [5.41, 5.74) is -1.84. The molecule has 7 rings (SSSR count). The first-order valence-electron chi connectivity index (χ1n) is 15.4. The minimum absolute atomic E-state index is 0.0653. The molecule has 3 fully saturated rings. The zero-order valence-electron chi connectivity index (χ0n) is 24.9. The second-order valence-corrected chi connectivity index (χ2v) is 12.4. The predicted octanol–water partition coefficient (Wildman–Crippen LogP) is 6.29. The molecular weight excluding hydrogens is 586 g/mol. The third-order valence-corrected chi connectivity index (χ3v) is 9.75. The van der Waals surface area contributed by atoms with Crippen LogP contribution in [0.1, 0.15) is 44.6 Å². The molecule has 1 N–H and O–H groups in total. The van der Waals surface area contributed by atoms with Crippen LogP contribution in [0.2, 0.25) is 0 Å². The number of nitrogens with zero attached hydrogens (tertiary/aromatic N) is 5. The highest BCUT2D eigenvalue weighted by molar-refractivity contribution is 6.01. The fourth-order valence-electron chi connectivity index (χ4n) is 7.41. The lowest BCUT2D eigenvalue weighted by Crippen LogP contribution is -2.43. The topological polar surface area (TPSA) is 74.6 Å². The Balaban J connectivity index is 1.36. The molecule has 7 nitrogen and oxygen atoms in total. The van der Waals surface area contributed by atoms with Gasteiger partial charge in [-0.1, -0.05) is 18.9 Å². The van der Waals surface area contributed by atoms with Crippen molar-refractivity contribution in [2.24, 2.45) is 0 Å². The standard InChI is InChI=1S/C34H33F4N5O2/c1-3-23-26(36)7-6-20-14-22(44)15-24(27(20)23)29-28(37)30-25(17-39-29)31(42-12-9-33(38,4-2)10-13-42)41-32(40-30)45-19-34-8-5-11-43(34)18-21(35)16-34/h2,6-7,14-15,17,21,44H,3,5,8-13,16,18-19H2,1H3/t21-,34+/m1/s1. The summed E-state index contributed by atoms with van der Waals surface area (Å²) in [5, 5.41) is 11.8. The number of phenolic OH excluding ortho intramolecular Hbond substituents is 1. The lowest BCUT2D eigenvalue weighted by atomic mass is 9.94. The Bertz CT molecular complexity index is 1850. The number of rotatable bonds is 6. The van der Waals surface area contributed by atoms with E-state index in [-0.39, 0.29) is 66.5 Å². The molecule has 0 bridgehead atoms. The number of ether oxygens (including phenoxy) is 1. The fourth-order valence-corrected chi connectivity index (χ4v) is 7.41. The van der Waals surface area contributed by atoms with E-state index in [0.29, 0.717) is 41.5 Å². The Morgan fingerprint density at radius 2 is 1.93 bits per heavy atom. The van der Waals surface area contributed by atoms with E-state index in [1.54, 1.807) is 6.92 Å². The average Bonchev–Trinajstić information content (AvgIpc) is 3.56. The van der Waals surface area contributed by atoms with Gasteiger partial charge in [-0.2, -0.15) is 9.97 Å². The number of alkyl halides is 2. The van der Waals surface area contributed by atoms with Crippen LogP contribution in [0.3, 0.4) is 0 Å². The number of aromatic nitrogens is 3. The smallest absolute Gasteiger partial charge is 0.319 e. The predicted molar refractivity (Wildman–Crippen MR) is 164 cm³/mol. The number of fused-ring (bicyclic) bond motifs is 3. The van der Waals surface area contributed by atoms with Crippen molar-refractivity contribution in [1.29, 1.82) is 0 Å². The van der Waals surface area contributed by atoms with Crippen LogP contribution < -0.4 is 9.64 Å². The lowest BCUT2D eigenvalue weighted by molar-refractivity contribution is 0.107. The summed E-state index contributed by atoms with van der Waals surface area (Å²) in [4.78, 5) is 17.5. The molecular formula is C34H33F4N5O2. The number of hydrogen-bond acceptors (Lipinski definition) is 7. The van der Waals surface area contributed by atoms with Gasteiger partial charge >= 0.3 is 6.01 Å². The van der Waals surface area contributed by atoms with E-state index in [4.69, 9.17) is 11.2 Å². The number of pyridine rings is 1. The third-order valence-electron chi connectivity index (χ3n) is 9.75. The number of terminal acetylenes is 1. The molecule has 0 spiro atoms. The summed E-state index contributed by atoms with van der Waals surface area (Å²) >= 11 is 0. The highest BCUT2D eigenvalue weighted by Crippen LogP contribution is 2.42. The number of anilines is 1. The van der Waals surface area contributed by atoms with E-state index in [2.05, 4.69) is 25.8 Å². The minimum atomic E-state index is -1.74. The number of aryl methyl sites for hydroxylation is 1. The van der Waals surface area contributed by atoms with Crippen molar-refractivity contribution < 1.29 is 27.4 Å². The van der Waals surface area contributed by atoms with Gasteiger partial charge in [-0.25, -0.2) is 17.6 Å². The number of phenols is 1. The van der Waals surface area contributed by atoms with Crippen molar-refractivity contribution in [3.8, 4) is 35.4 Å². The molecule has 11 heteroatoms. The molecule has 0 unspecified atom stereocenters. The minimum Gasteiger partial charge on any atom is -0.508 e. The molecule has 2 aromatic heterocycles. The van der Waals surface area contributed by atoms with Crippen LogP contribution in [0.15, 0.2) is 30.5 Å². The largest absolute Gasteiger partial charge is 0.508 e. The van der Waals surface area contributed by atoms with Gasteiger partial charge < -0.3 is 14.7 Å². The van der Waals surface area contributed by atoms with Crippen molar-refractivity contribution in [2.75, 3.05) is 37.7 Å². The monoisotopic (exact) mass is 619 g/mol. The van der Waals surface area contributed by atoms with Gasteiger partial charge in [-0.05, 0) is 60.3 Å². The van der Waals surface area contributed by atoms with Crippen molar-refractivity contribution >= 4 is 27.5 Å². The first-order chi connectivity index (χ1) is 21.6. The van der Waals surface area contributed by atoms with Gasteiger partial charge in [0, 0.05) is 50.7 Å². The summed E-state index contributed by atoms with van der Waals surface area (Å²) < 4.78 is 67.1. The van der Waals surface area contributed by atoms with Crippen LogP contribution in [0, 0.1) is 24.0 Å². The first kappa shape index (κ1) is 29.5. The Hall–Kier alpha value is -4.17. The van der Waals surface area contributed by atoms with E-state index in [1.807, 2.05) is 4.90 Å².